The highest BCUT2D eigenvalue weighted by atomic mass is 16.3. The highest BCUT2D eigenvalue weighted by Crippen LogP contribution is 2.36. The Labute approximate surface area is 136 Å². The van der Waals surface area contributed by atoms with Crippen molar-refractivity contribution < 1.29 is 4.42 Å². The third-order valence-corrected chi connectivity index (χ3v) is 4.64. The van der Waals surface area contributed by atoms with Crippen molar-refractivity contribution in [3.05, 3.63) is 70.8 Å². The summed E-state index contributed by atoms with van der Waals surface area (Å²) in [6.45, 7) is 8.61. The number of hydrogen-bond acceptors (Lipinski definition) is 1. The second kappa shape index (κ2) is 4.99. The predicted molar refractivity (Wildman–Crippen MR) is 98.1 cm³/mol. The lowest BCUT2D eigenvalue weighted by Crippen LogP contribution is -1.88. The molecule has 114 valence electrons. The summed E-state index contributed by atoms with van der Waals surface area (Å²) in [4.78, 5) is 0. The Morgan fingerprint density at radius 3 is 2.00 bits per heavy atom. The Kier molecular flexibility index (Phi) is 3.05. The molecule has 3 aromatic carbocycles. The molecule has 0 atom stereocenters. The molecule has 0 amide bonds. The van der Waals surface area contributed by atoms with Crippen molar-refractivity contribution in [2.24, 2.45) is 0 Å². The zero-order valence-electron chi connectivity index (χ0n) is 14.0. The Hall–Kier alpha value is -2.54. The first kappa shape index (κ1) is 14.1. The molecule has 4 rings (SSSR count). The van der Waals surface area contributed by atoms with Gasteiger partial charge in [-0.2, -0.15) is 0 Å². The van der Waals surface area contributed by atoms with Gasteiger partial charge >= 0.3 is 0 Å². The largest absolute Gasteiger partial charge is 0.456 e. The van der Waals surface area contributed by atoms with Gasteiger partial charge in [0, 0.05) is 10.8 Å². The van der Waals surface area contributed by atoms with Crippen molar-refractivity contribution in [2.75, 3.05) is 0 Å². The third kappa shape index (κ3) is 2.24. The molecular formula is C22H20O. The fraction of sp³-hybridized carbons (Fsp3) is 0.182. The summed E-state index contributed by atoms with van der Waals surface area (Å²) in [7, 11) is 0. The minimum absolute atomic E-state index is 0.961. The molecule has 1 aromatic heterocycles. The summed E-state index contributed by atoms with van der Waals surface area (Å²) in [5, 5.41) is 2.41. The van der Waals surface area contributed by atoms with Gasteiger partial charge in [0.25, 0.3) is 0 Å². The highest BCUT2D eigenvalue weighted by molar-refractivity contribution is 6.06. The lowest BCUT2D eigenvalue weighted by molar-refractivity contribution is 0.669. The van der Waals surface area contributed by atoms with E-state index in [1.807, 2.05) is 0 Å². The summed E-state index contributed by atoms with van der Waals surface area (Å²) in [6.07, 6.45) is 0. The topological polar surface area (TPSA) is 13.1 Å². The number of hydrogen-bond donors (Lipinski definition) is 0. The van der Waals surface area contributed by atoms with Gasteiger partial charge in [-0.25, -0.2) is 0 Å². The number of benzene rings is 3. The fourth-order valence-corrected chi connectivity index (χ4v) is 3.45. The number of rotatable bonds is 1. The maximum atomic E-state index is 6.09. The lowest BCUT2D eigenvalue weighted by Gasteiger charge is -2.10. The molecule has 0 bridgehead atoms. The average molecular weight is 300 g/mol. The third-order valence-electron chi connectivity index (χ3n) is 4.64. The Morgan fingerprint density at radius 2 is 1.22 bits per heavy atom. The molecule has 0 saturated carbocycles. The predicted octanol–water partition coefficient (Wildman–Crippen LogP) is 6.49. The molecule has 1 heteroatoms. The van der Waals surface area contributed by atoms with Crippen LogP contribution >= 0.6 is 0 Å². The van der Waals surface area contributed by atoms with Crippen molar-refractivity contribution in [3.63, 3.8) is 0 Å². The van der Waals surface area contributed by atoms with E-state index in [1.54, 1.807) is 0 Å². The molecule has 0 aliphatic heterocycles. The normalized spacial score (nSPS) is 11.5. The van der Waals surface area contributed by atoms with Crippen molar-refractivity contribution in [3.8, 4) is 11.1 Å². The van der Waals surface area contributed by atoms with E-state index in [4.69, 9.17) is 4.42 Å². The van der Waals surface area contributed by atoms with E-state index in [0.29, 0.717) is 0 Å². The molecule has 4 aromatic rings. The fourth-order valence-electron chi connectivity index (χ4n) is 3.45. The van der Waals surface area contributed by atoms with Crippen molar-refractivity contribution in [2.45, 2.75) is 27.7 Å². The van der Waals surface area contributed by atoms with Gasteiger partial charge in [-0.15, -0.1) is 0 Å². The van der Waals surface area contributed by atoms with E-state index in [9.17, 15) is 0 Å². The molecule has 0 aliphatic rings. The van der Waals surface area contributed by atoms with Crippen LogP contribution in [0.5, 0.6) is 0 Å². The standard InChI is InChI=1S/C22H20O/c1-13-5-7-17(15(3)9-13)18-12-22-20(11-16(18)4)19-10-14(2)6-8-21(19)23-22/h5-12H,1-4H3. The van der Waals surface area contributed by atoms with E-state index in [2.05, 4.69) is 76.2 Å². The molecule has 0 aliphatic carbocycles. The van der Waals surface area contributed by atoms with Gasteiger partial charge in [0.1, 0.15) is 11.2 Å². The first-order valence-electron chi connectivity index (χ1n) is 8.04. The maximum absolute atomic E-state index is 6.09. The van der Waals surface area contributed by atoms with Gasteiger partial charge in [-0.3, -0.25) is 0 Å². The number of furan rings is 1. The van der Waals surface area contributed by atoms with Crippen molar-refractivity contribution >= 4 is 21.9 Å². The van der Waals surface area contributed by atoms with Crippen LogP contribution in [0.1, 0.15) is 22.3 Å². The van der Waals surface area contributed by atoms with E-state index in [1.165, 1.54) is 44.2 Å². The van der Waals surface area contributed by atoms with Crippen LogP contribution in [0.4, 0.5) is 0 Å². The van der Waals surface area contributed by atoms with Gasteiger partial charge < -0.3 is 4.42 Å². The van der Waals surface area contributed by atoms with Crippen LogP contribution in [0.15, 0.2) is 52.9 Å². The number of aryl methyl sites for hydroxylation is 4. The molecular weight excluding hydrogens is 280 g/mol. The van der Waals surface area contributed by atoms with Crippen LogP contribution in [0.3, 0.4) is 0 Å². The summed E-state index contributed by atoms with van der Waals surface area (Å²) in [5.74, 6) is 0. The van der Waals surface area contributed by atoms with Gasteiger partial charge in [-0.05, 0) is 74.2 Å². The van der Waals surface area contributed by atoms with Gasteiger partial charge in [0.2, 0.25) is 0 Å². The smallest absolute Gasteiger partial charge is 0.136 e. The van der Waals surface area contributed by atoms with Gasteiger partial charge in [0.15, 0.2) is 0 Å². The SMILES string of the molecule is Cc1ccc(-c2cc3oc4ccc(C)cc4c3cc2C)c(C)c1. The summed E-state index contributed by atoms with van der Waals surface area (Å²) in [6, 6.07) is 17.4. The highest BCUT2D eigenvalue weighted by Gasteiger charge is 2.12. The summed E-state index contributed by atoms with van der Waals surface area (Å²) in [5.41, 5.74) is 9.61. The summed E-state index contributed by atoms with van der Waals surface area (Å²) < 4.78 is 6.09. The average Bonchev–Trinajstić information content (AvgIpc) is 2.84. The van der Waals surface area contributed by atoms with Crippen LogP contribution < -0.4 is 0 Å². The van der Waals surface area contributed by atoms with E-state index < -0.39 is 0 Å². The first-order chi connectivity index (χ1) is 11.0. The second-order valence-electron chi connectivity index (χ2n) is 6.58. The van der Waals surface area contributed by atoms with E-state index in [-0.39, 0.29) is 0 Å². The second-order valence-corrected chi connectivity index (χ2v) is 6.58. The van der Waals surface area contributed by atoms with Gasteiger partial charge in [-0.1, -0.05) is 35.4 Å². The molecule has 0 radical (unpaired) electrons. The minimum Gasteiger partial charge on any atom is -0.456 e. The molecule has 0 fully saturated rings. The molecule has 0 saturated heterocycles. The minimum atomic E-state index is 0.961. The molecule has 0 spiro atoms. The van der Waals surface area contributed by atoms with Crippen molar-refractivity contribution in [1.82, 2.24) is 0 Å². The Balaban J connectivity index is 2.02. The van der Waals surface area contributed by atoms with Crippen LogP contribution in [0.25, 0.3) is 33.1 Å². The van der Waals surface area contributed by atoms with Gasteiger partial charge in [0.05, 0.1) is 0 Å². The van der Waals surface area contributed by atoms with E-state index >= 15 is 0 Å². The summed E-state index contributed by atoms with van der Waals surface area (Å²) >= 11 is 0. The maximum Gasteiger partial charge on any atom is 0.136 e. The van der Waals surface area contributed by atoms with Crippen LogP contribution in [0.2, 0.25) is 0 Å². The quantitative estimate of drug-likeness (QED) is 0.392. The van der Waals surface area contributed by atoms with Crippen molar-refractivity contribution in [1.29, 1.82) is 0 Å². The monoisotopic (exact) mass is 300 g/mol. The molecule has 0 N–H and O–H groups in total. The molecule has 1 nitrogen and oxygen atoms in total. The van der Waals surface area contributed by atoms with Crippen LogP contribution in [0, 0.1) is 27.7 Å². The zero-order valence-corrected chi connectivity index (χ0v) is 14.0. The lowest BCUT2D eigenvalue weighted by atomic mass is 9.94. The van der Waals surface area contributed by atoms with E-state index in [0.717, 1.165) is 11.2 Å². The molecule has 23 heavy (non-hydrogen) atoms. The molecule has 1 heterocycles. The number of fused-ring (bicyclic) bond motifs is 3. The molecule has 0 unspecified atom stereocenters. The van der Waals surface area contributed by atoms with Crippen LogP contribution in [-0.2, 0) is 0 Å². The Morgan fingerprint density at radius 1 is 0.565 bits per heavy atom. The Bertz CT molecular complexity index is 1050. The van der Waals surface area contributed by atoms with Crippen LogP contribution in [-0.4, -0.2) is 0 Å². The first-order valence-corrected chi connectivity index (χ1v) is 8.04. The zero-order chi connectivity index (χ0) is 16.1.